The topological polar surface area (TPSA) is 41.6 Å². The number of carbonyl (C=O) groups is 1. The molecule has 1 rings (SSSR count). The molecule has 0 aromatic rings. The molecule has 0 aromatic heterocycles. The fourth-order valence-electron chi connectivity index (χ4n) is 2.31. The molecule has 1 fully saturated rings. The molecule has 0 aliphatic carbocycles. The van der Waals surface area contributed by atoms with Crippen LogP contribution in [0.1, 0.15) is 41.0 Å². The molecule has 1 amide bonds. The number of amides is 1. The maximum Gasteiger partial charge on any atom is 0.410 e. The second kappa shape index (κ2) is 5.47. The molecule has 0 aromatic carbocycles. The van der Waals surface area contributed by atoms with Gasteiger partial charge >= 0.3 is 6.09 Å². The first-order chi connectivity index (χ1) is 8.15. The van der Waals surface area contributed by atoms with Crippen molar-refractivity contribution >= 4 is 6.09 Å². The number of likely N-dealkylation sites (tertiary alicyclic amines) is 1. The van der Waals surface area contributed by atoms with E-state index >= 15 is 0 Å². The van der Waals surface area contributed by atoms with E-state index in [0.717, 1.165) is 26.1 Å². The average Bonchev–Trinajstić information content (AvgIpc) is 2.18. The molecule has 0 bridgehead atoms. The summed E-state index contributed by atoms with van der Waals surface area (Å²) in [5.74, 6) is 0.476. The fraction of sp³-hybridized carbons (Fsp3) is 0.929. The zero-order valence-corrected chi connectivity index (χ0v) is 12.7. The van der Waals surface area contributed by atoms with Crippen molar-refractivity contribution in [2.45, 2.75) is 46.6 Å². The number of nitrogens with zero attached hydrogens (tertiary/aromatic N) is 1. The second-order valence-corrected chi connectivity index (χ2v) is 6.92. The lowest BCUT2D eigenvalue weighted by atomic mass is 9.73. The molecule has 1 heterocycles. The SMILES string of the molecule is CNCC1CN(C(=O)OC(C)(C)C)CCC1(C)C. The summed E-state index contributed by atoms with van der Waals surface area (Å²) in [6.07, 6.45) is 0.845. The van der Waals surface area contributed by atoms with E-state index in [1.165, 1.54) is 0 Å². The van der Waals surface area contributed by atoms with Crippen LogP contribution < -0.4 is 5.32 Å². The number of rotatable bonds is 2. The van der Waals surface area contributed by atoms with Crippen molar-refractivity contribution in [2.24, 2.45) is 11.3 Å². The van der Waals surface area contributed by atoms with Crippen molar-refractivity contribution in [3.63, 3.8) is 0 Å². The minimum absolute atomic E-state index is 0.181. The summed E-state index contributed by atoms with van der Waals surface area (Å²) in [6, 6.07) is 0. The van der Waals surface area contributed by atoms with Gasteiger partial charge in [0.1, 0.15) is 5.60 Å². The molecule has 1 N–H and O–H groups in total. The van der Waals surface area contributed by atoms with Gasteiger partial charge in [0, 0.05) is 13.1 Å². The summed E-state index contributed by atoms with van der Waals surface area (Å²) >= 11 is 0. The summed E-state index contributed by atoms with van der Waals surface area (Å²) in [7, 11) is 1.96. The number of nitrogens with one attached hydrogen (secondary N) is 1. The van der Waals surface area contributed by atoms with E-state index in [1.54, 1.807) is 0 Å². The van der Waals surface area contributed by atoms with Gasteiger partial charge in [-0.15, -0.1) is 0 Å². The molecule has 106 valence electrons. The fourth-order valence-corrected chi connectivity index (χ4v) is 2.31. The summed E-state index contributed by atoms with van der Waals surface area (Å²) in [6.45, 7) is 12.8. The van der Waals surface area contributed by atoms with E-state index in [0.29, 0.717) is 5.92 Å². The van der Waals surface area contributed by atoms with E-state index in [9.17, 15) is 4.79 Å². The lowest BCUT2D eigenvalue weighted by Crippen LogP contribution is -2.51. The largest absolute Gasteiger partial charge is 0.444 e. The highest BCUT2D eigenvalue weighted by molar-refractivity contribution is 5.68. The number of carbonyl (C=O) groups excluding carboxylic acids is 1. The van der Waals surface area contributed by atoms with Crippen molar-refractivity contribution < 1.29 is 9.53 Å². The first-order valence-corrected chi connectivity index (χ1v) is 6.78. The summed E-state index contributed by atoms with van der Waals surface area (Å²) in [5, 5.41) is 3.22. The molecule has 0 radical (unpaired) electrons. The normalized spacial score (nSPS) is 23.9. The number of hydrogen-bond donors (Lipinski definition) is 1. The van der Waals surface area contributed by atoms with Crippen molar-refractivity contribution in [1.29, 1.82) is 0 Å². The van der Waals surface area contributed by atoms with Crippen LogP contribution in [0, 0.1) is 11.3 Å². The van der Waals surface area contributed by atoms with Crippen LogP contribution in [0.4, 0.5) is 4.79 Å². The summed E-state index contributed by atoms with van der Waals surface area (Å²) < 4.78 is 5.44. The van der Waals surface area contributed by atoms with Crippen molar-refractivity contribution in [3.05, 3.63) is 0 Å². The molecule has 1 atom stereocenters. The molecule has 4 nitrogen and oxygen atoms in total. The van der Waals surface area contributed by atoms with Gasteiger partial charge in [0.25, 0.3) is 0 Å². The van der Waals surface area contributed by atoms with Crippen LogP contribution in [0.2, 0.25) is 0 Å². The van der Waals surface area contributed by atoms with Gasteiger partial charge in [0.15, 0.2) is 0 Å². The van der Waals surface area contributed by atoms with Gasteiger partial charge in [-0.05, 0) is 52.1 Å². The van der Waals surface area contributed by atoms with Crippen molar-refractivity contribution in [1.82, 2.24) is 10.2 Å². The van der Waals surface area contributed by atoms with Crippen molar-refractivity contribution in [3.8, 4) is 0 Å². The van der Waals surface area contributed by atoms with Gasteiger partial charge in [-0.1, -0.05) is 13.8 Å². The van der Waals surface area contributed by atoms with E-state index in [2.05, 4.69) is 19.2 Å². The predicted octanol–water partition coefficient (Wildman–Crippen LogP) is 2.49. The van der Waals surface area contributed by atoms with Crippen LogP contribution in [-0.2, 0) is 4.74 Å². The van der Waals surface area contributed by atoms with E-state index in [4.69, 9.17) is 4.74 Å². The Morgan fingerprint density at radius 1 is 1.44 bits per heavy atom. The van der Waals surface area contributed by atoms with Crippen LogP contribution in [0.3, 0.4) is 0 Å². The van der Waals surface area contributed by atoms with Gasteiger partial charge in [-0.3, -0.25) is 0 Å². The molecule has 18 heavy (non-hydrogen) atoms. The Balaban J connectivity index is 2.63. The molecule has 0 spiro atoms. The number of piperidine rings is 1. The van der Waals surface area contributed by atoms with E-state index in [-0.39, 0.29) is 11.5 Å². The zero-order valence-electron chi connectivity index (χ0n) is 12.7. The quantitative estimate of drug-likeness (QED) is 0.825. The zero-order chi connectivity index (χ0) is 14.0. The Morgan fingerprint density at radius 2 is 2.06 bits per heavy atom. The third-order valence-electron chi connectivity index (χ3n) is 3.67. The first kappa shape index (κ1) is 15.3. The summed E-state index contributed by atoms with van der Waals surface area (Å²) in [5.41, 5.74) is -0.135. The number of ether oxygens (including phenoxy) is 1. The number of hydrogen-bond acceptors (Lipinski definition) is 3. The van der Waals surface area contributed by atoms with E-state index < -0.39 is 5.60 Å². The Bertz CT molecular complexity index is 295. The maximum absolute atomic E-state index is 12.1. The molecular formula is C14H28N2O2. The van der Waals surface area contributed by atoms with Gasteiger partial charge in [-0.25, -0.2) is 4.79 Å². The van der Waals surface area contributed by atoms with Crippen LogP contribution in [0.15, 0.2) is 0 Å². The Hall–Kier alpha value is -0.770. The van der Waals surface area contributed by atoms with Gasteiger partial charge in [0.05, 0.1) is 0 Å². The maximum atomic E-state index is 12.1. The molecule has 4 heteroatoms. The average molecular weight is 256 g/mol. The second-order valence-electron chi connectivity index (χ2n) is 6.92. The molecule has 1 aliphatic heterocycles. The van der Waals surface area contributed by atoms with Crippen LogP contribution in [0.5, 0.6) is 0 Å². The van der Waals surface area contributed by atoms with Crippen molar-refractivity contribution in [2.75, 3.05) is 26.7 Å². The van der Waals surface area contributed by atoms with Gasteiger partial charge in [-0.2, -0.15) is 0 Å². The molecule has 1 saturated heterocycles. The lowest BCUT2D eigenvalue weighted by Gasteiger charge is -2.44. The van der Waals surface area contributed by atoms with E-state index in [1.807, 2.05) is 32.7 Å². The third-order valence-corrected chi connectivity index (χ3v) is 3.67. The first-order valence-electron chi connectivity index (χ1n) is 6.78. The third kappa shape index (κ3) is 4.16. The highest BCUT2D eigenvalue weighted by Gasteiger charge is 2.37. The highest BCUT2D eigenvalue weighted by atomic mass is 16.6. The minimum Gasteiger partial charge on any atom is -0.444 e. The molecular weight excluding hydrogens is 228 g/mol. The highest BCUT2D eigenvalue weighted by Crippen LogP contribution is 2.35. The predicted molar refractivity (Wildman–Crippen MR) is 73.6 cm³/mol. The Morgan fingerprint density at radius 3 is 2.56 bits per heavy atom. The summed E-state index contributed by atoms with van der Waals surface area (Å²) in [4.78, 5) is 13.9. The Kier molecular flexibility index (Phi) is 4.65. The monoisotopic (exact) mass is 256 g/mol. The lowest BCUT2D eigenvalue weighted by molar-refractivity contribution is -0.000716. The van der Waals surface area contributed by atoms with Crippen LogP contribution in [0.25, 0.3) is 0 Å². The molecule has 1 unspecified atom stereocenters. The standard InChI is InChI=1S/C14H28N2O2/c1-13(2,3)18-12(17)16-8-7-14(4,5)11(10-16)9-15-6/h11,15H,7-10H2,1-6H3. The van der Waals surface area contributed by atoms with Gasteiger partial charge < -0.3 is 15.0 Å². The smallest absolute Gasteiger partial charge is 0.410 e. The van der Waals surface area contributed by atoms with Crippen LogP contribution in [-0.4, -0.2) is 43.3 Å². The molecule has 1 aliphatic rings. The minimum atomic E-state index is -0.414. The molecule has 0 saturated carbocycles. The van der Waals surface area contributed by atoms with Crippen LogP contribution >= 0.6 is 0 Å². The van der Waals surface area contributed by atoms with Gasteiger partial charge in [0.2, 0.25) is 0 Å². The Labute approximate surface area is 111 Å².